The van der Waals surface area contributed by atoms with Crippen LogP contribution in [0.5, 0.6) is 0 Å². The lowest BCUT2D eigenvalue weighted by molar-refractivity contribution is -0.136. The second-order valence-corrected chi connectivity index (χ2v) is 14.3. The number of ketones is 1. The number of Topliss-reactive ketones (excluding diaryl/α,β-unsaturated/α-hetero) is 1. The molecule has 0 heterocycles. The van der Waals surface area contributed by atoms with Gasteiger partial charge in [-0.25, -0.2) is 0 Å². The van der Waals surface area contributed by atoms with Crippen molar-refractivity contribution >= 4 is 5.78 Å². The number of hydrogen-bond acceptors (Lipinski definition) is 5. The standard InChI is InChI=1S/C30H48O5/c1-17(15-21(31)25(34)27(4,5)35)18-11-13-30(8)20-9-10-23-26(2,3)24(33)22(32)16-28(23,6)19(20)12-14-29(18,30)7/h9,16-19,21,23,25,31-32,34-35H,10-15H2,1-8H3/t17?,18-,19?,21+,23?,25-,28+,29-,30+/m0/s1. The highest BCUT2D eigenvalue weighted by molar-refractivity contribution is 5.98. The molecule has 3 unspecified atom stereocenters. The molecule has 0 saturated heterocycles. The first kappa shape index (κ1) is 26.9. The molecule has 0 radical (unpaired) electrons. The van der Waals surface area contributed by atoms with Crippen molar-refractivity contribution in [2.75, 3.05) is 0 Å². The Bertz CT molecular complexity index is 941. The highest BCUT2D eigenvalue weighted by Crippen LogP contribution is 2.72. The number of allylic oxidation sites excluding steroid dienone is 4. The Hall–Kier alpha value is -1.17. The van der Waals surface area contributed by atoms with Crippen LogP contribution in [-0.4, -0.2) is 44.0 Å². The van der Waals surface area contributed by atoms with E-state index in [4.69, 9.17) is 0 Å². The van der Waals surface area contributed by atoms with Gasteiger partial charge in [0.2, 0.25) is 5.78 Å². The molecule has 0 aromatic carbocycles. The van der Waals surface area contributed by atoms with Gasteiger partial charge in [-0.05, 0) is 93.0 Å². The fraction of sp³-hybridized carbons (Fsp3) is 0.833. The second kappa shape index (κ2) is 8.16. The van der Waals surface area contributed by atoms with Gasteiger partial charge in [0.1, 0.15) is 6.10 Å². The molecular formula is C30H48O5. The first-order chi connectivity index (χ1) is 15.9. The third-order valence-corrected chi connectivity index (χ3v) is 11.6. The zero-order valence-electron chi connectivity index (χ0n) is 23.1. The monoisotopic (exact) mass is 488 g/mol. The highest BCUT2D eigenvalue weighted by atomic mass is 16.4. The van der Waals surface area contributed by atoms with E-state index in [1.165, 1.54) is 19.4 Å². The van der Waals surface area contributed by atoms with E-state index in [0.717, 1.165) is 32.1 Å². The third kappa shape index (κ3) is 3.70. The molecule has 0 aliphatic heterocycles. The van der Waals surface area contributed by atoms with Gasteiger partial charge in [-0.1, -0.05) is 53.2 Å². The maximum Gasteiger partial charge on any atom is 0.202 e. The van der Waals surface area contributed by atoms with E-state index in [9.17, 15) is 25.2 Å². The van der Waals surface area contributed by atoms with Crippen molar-refractivity contribution < 1.29 is 25.2 Å². The minimum Gasteiger partial charge on any atom is -0.505 e. The molecule has 4 aliphatic rings. The Labute approximate surface area is 211 Å². The summed E-state index contributed by atoms with van der Waals surface area (Å²) < 4.78 is 0. The minimum absolute atomic E-state index is 0.0255. The van der Waals surface area contributed by atoms with Gasteiger partial charge in [0, 0.05) is 10.8 Å². The average molecular weight is 489 g/mol. The molecule has 5 heteroatoms. The molecular weight excluding hydrogens is 440 g/mol. The molecule has 0 spiro atoms. The van der Waals surface area contributed by atoms with E-state index in [2.05, 4.69) is 33.8 Å². The lowest BCUT2D eigenvalue weighted by atomic mass is 9.42. The predicted molar refractivity (Wildman–Crippen MR) is 138 cm³/mol. The maximum atomic E-state index is 12.8. The fourth-order valence-electron chi connectivity index (χ4n) is 9.31. The Kier molecular flexibility index (Phi) is 6.27. The van der Waals surface area contributed by atoms with E-state index in [0.29, 0.717) is 18.3 Å². The SMILES string of the molecule is CC(C[C@@H](O)[C@H](O)C(C)(C)O)[C@@H]1CC[C@]2(C)C3=CCC4C(C)(C)C(=O)C(O)=C[C@]4(C)C3CC[C@@]12C. The number of aliphatic hydroxyl groups excluding tert-OH is 3. The normalized spacial score (nSPS) is 43.3. The van der Waals surface area contributed by atoms with Crippen LogP contribution in [0.25, 0.3) is 0 Å². The van der Waals surface area contributed by atoms with Crippen LogP contribution in [-0.2, 0) is 4.79 Å². The van der Waals surface area contributed by atoms with Crippen LogP contribution >= 0.6 is 0 Å². The average Bonchev–Trinajstić information content (AvgIpc) is 3.02. The van der Waals surface area contributed by atoms with Crippen molar-refractivity contribution in [2.24, 2.45) is 45.3 Å². The van der Waals surface area contributed by atoms with Crippen molar-refractivity contribution in [3.8, 4) is 0 Å². The summed E-state index contributed by atoms with van der Waals surface area (Å²) in [6, 6.07) is 0. The van der Waals surface area contributed by atoms with Gasteiger partial charge in [-0.2, -0.15) is 0 Å². The van der Waals surface area contributed by atoms with E-state index in [1.807, 2.05) is 19.9 Å². The zero-order chi connectivity index (χ0) is 26.4. The van der Waals surface area contributed by atoms with Gasteiger partial charge in [0.25, 0.3) is 0 Å². The quantitative estimate of drug-likeness (QED) is 0.392. The summed E-state index contributed by atoms with van der Waals surface area (Å²) in [5, 5.41) is 41.9. The predicted octanol–water partition coefficient (Wildman–Crippen LogP) is 5.34. The molecule has 198 valence electrons. The van der Waals surface area contributed by atoms with Crippen molar-refractivity contribution in [3.63, 3.8) is 0 Å². The van der Waals surface area contributed by atoms with Crippen LogP contribution in [0, 0.1) is 45.3 Å². The molecule has 0 bridgehead atoms. The molecule has 0 amide bonds. The van der Waals surface area contributed by atoms with Gasteiger partial charge in [-0.15, -0.1) is 0 Å². The van der Waals surface area contributed by atoms with Crippen LogP contribution in [0.4, 0.5) is 0 Å². The highest BCUT2D eigenvalue weighted by Gasteiger charge is 2.65. The van der Waals surface area contributed by atoms with Crippen LogP contribution in [0.2, 0.25) is 0 Å². The first-order valence-corrected chi connectivity index (χ1v) is 13.7. The van der Waals surface area contributed by atoms with E-state index in [1.54, 1.807) is 0 Å². The first-order valence-electron chi connectivity index (χ1n) is 13.7. The zero-order valence-corrected chi connectivity index (χ0v) is 23.1. The van der Waals surface area contributed by atoms with Crippen LogP contribution < -0.4 is 0 Å². The lowest BCUT2D eigenvalue weighted by Gasteiger charge is -2.62. The summed E-state index contributed by atoms with van der Waals surface area (Å²) in [4.78, 5) is 12.8. The Morgan fingerprint density at radius 3 is 2.31 bits per heavy atom. The number of fused-ring (bicyclic) bond motifs is 5. The van der Waals surface area contributed by atoms with E-state index < -0.39 is 23.2 Å². The summed E-state index contributed by atoms with van der Waals surface area (Å²) in [5.74, 6) is 0.918. The molecule has 4 rings (SSSR count). The summed E-state index contributed by atoms with van der Waals surface area (Å²) >= 11 is 0. The van der Waals surface area contributed by atoms with Gasteiger partial charge in [-0.3, -0.25) is 4.79 Å². The van der Waals surface area contributed by atoms with E-state index in [-0.39, 0.29) is 39.6 Å². The van der Waals surface area contributed by atoms with Gasteiger partial charge >= 0.3 is 0 Å². The molecule has 4 aliphatic carbocycles. The molecule has 0 aromatic rings. The third-order valence-electron chi connectivity index (χ3n) is 11.6. The summed E-state index contributed by atoms with van der Waals surface area (Å²) in [7, 11) is 0. The summed E-state index contributed by atoms with van der Waals surface area (Å²) in [5.41, 5.74) is -0.557. The molecule has 5 nitrogen and oxygen atoms in total. The van der Waals surface area contributed by atoms with Crippen LogP contribution in [0.15, 0.2) is 23.5 Å². The second-order valence-electron chi connectivity index (χ2n) is 14.3. The molecule has 35 heavy (non-hydrogen) atoms. The fourth-order valence-corrected chi connectivity index (χ4v) is 9.31. The molecule has 0 aromatic heterocycles. The number of hydrogen-bond donors (Lipinski definition) is 4. The number of carbonyl (C=O) groups excluding carboxylic acids is 1. The van der Waals surface area contributed by atoms with Crippen molar-refractivity contribution in [1.82, 2.24) is 0 Å². The topological polar surface area (TPSA) is 98.0 Å². The maximum absolute atomic E-state index is 12.8. The minimum atomic E-state index is -1.33. The summed E-state index contributed by atoms with van der Waals surface area (Å²) in [6.45, 7) is 16.4. The van der Waals surface area contributed by atoms with Crippen molar-refractivity contribution in [1.29, 1.82) is 0 Å². The Morgan fingerprint density at radius 1 is 1.09 bits per heavy atom. The number of aliphatic hydroxyl groups is 4. The van der Waals surface area contributed by atoms with Gasteiger partial charge in [0.05, 0.1) is 11.7 Å². The largest absolute Gasteiger partial charge is 0.505 e. The van der Waals surface area contributed by atoms with Gasteiger partial charge in [0.15, 0.2) is 5.76 Å². The molecule has 2 saturated carbocycles. The van der Waals surface area contributed by atoms with Crippen molar-refractivity contribution in [3.05, 3.63) is 23.5 Å². The number of carbonyl (C=O) groups is 1. The summed E-state index contributed by atoms with van der Waals surface area (Å²) in [6.07, 6.45) is 7.78. The lowest BCUT2D eigenvalue weighted by Crippen LogP contribution is -2.56. The molecule has 4 N–H and O–H groups in total. The van der Waals surface area contributed by atoms with E-state index >= 15 is 0 Å². The van der Waals surface area contributed by atoms with Crippen LogP contribution in [0.1, 0.15) is 93.9 Å². The number of rotatable bonds is 5. The molecule has 2 fully saturated rings. The Balaban J connectivity index is 1.64. The molecule has 9 atom stereocenters. The van der Waals surface area contributed by atoms with Gasteiger partial charge < -0.3 is 20.4 Å². The Morgan fingerprint density at radius 2 is 1.71 bits per heavy atom. The van der Waals surface area contributed by atoms with Crippen molar-refractivity contribution in [2.45, 2.75) is 112 Å². The van der Waals surface area contributed by atoms with Crippen LogP contribution in [0.3, 0.4) is 0 Å². The smallest absolute Gasteiger partial charge is 0.202 e.